The minimum absolute atomic E-state index is 0.685. The van der Waals surface area contributed by atoms with Gasteiger partial charge in [0.15, 0.2) is 0 Å². The van der Waals surface area contributed by atoms with Gasteiger partial charge in [-0.05, 0) is 29.9 Å². The van der Waals surface area contributed by atoms with E-state index in [1.165, 1.54) is 24.0 Å². The Bertz CT molecular complexity index is 304. The summed E-state index contributed by atoms with van der Waals surface area (Å²) in [6.07, 6.45) is 2.49. The Kier molecular flexibility index (Phi) is 2.87. The van der Waals surface area contributed by atoms with Gasteiger partial charge in [0.05, 0.1) is 0 Å². The first kappa shape index (κ1) is 9.72. The van der Waals surface area contributed by atoms with Crippen molar-refractivity contribution in [2.75, 3.05) is 0 Å². The van der Waals surface area contributed by atoms with Crippen molar-refractivity contribution in [3.63, 3.8) is 0 Å². The van der Waals surface area contributed by atoms with Crippen LogP contribution in [0, 0.1) is 5.92 Å². The third-order valence-electron chi connectivity index (χ3n) is 2.92. The van der Waals surface area contributed by atoms with Gasteiger partial charge < -0.3 is 5.32 Å². The molecule has 76 valence electrons. The molecule has 0 aromatic heterocycles. The van der Waals surface area contributed by atoms with Crippen molar-refractivity contribution in [2.24, 2.45) is 5.92 Å². The maximum Gasteiger partial charge on any atom is 0.0210 e. The molecule has 1 nitrogen and oxygen atoms in total. The molecule has 2 rings (SSSR count). The smallest absolute Gasteiger partial charge is 0.0210 e. The summed E-state index contributed by atoms with van der Waals surface area (Å²) in [5.41, 5.74) is 3.02. The zero-order chi connectivity index (χ0) is 9.97. The first-order chi connectivity index (χ1) is 6.75. The van der Waals surface area contributed by atoms with Crippen LogP contribution in [0.5, 0.6) is 0 Å². The third-order valence-corrected chi connectivity index (χ3v) is 2.92. The summed E-state index contributed by atoms with van der Waals surface area (Å²) in [6.45, 7) is 5.64. The number of hydrogen-bond donors (Lipinski definition) is 1. The summed E-state index contributed by atoms with van der Waals surface area (Å²) in [5, 5.41) is 3.61. The Morgan fingerprint density at radius 2 is 2.00 bits per heavy atom. The molecule has 1 heteroatoms. The van der Waals surface area contributed by atoms with E-state index in [2.05, 4.69) is 43.4 Å². The van der Waals surface area contributed by atoms with Crippen molar-refractivity contribution < 1.29 is 0 Å². The van der Waals surface area contributed by atoms with Gasteiger partial charge in [0, 0.05) is 12.6 Å². The Balaban J connectivity index is 2.06. The second kappa shape index (κ2) is 4.14. The topological polar surface area (TPSA) is 12.0 Å². The van der Waals surface area contributed by atoms with E-state index in [4.69, 9.17) is 0 Å². The first-order valence-corrected chi connectivity index (χ1v) is 5.56. The highest BCUT2D eigenvalue weighted by molar-refractivity contribution is 5.29. The molecule has 0 saturated heterocycles. The molecule has 0 amide bonds. The predicted octanol–water partition coefficient (Wildman–Crippen LogP) is 2.75. The van der Waals surface area contributed by atoms with Gasteiger partial charge in [-0.1, -0.05) is 38.1 Å². The van der Waals surface area contributed by atoms with Crippen LogP contribution in [0.4, 0.5) is 0 Å². The van der Waals surface area contributed by atoms with Gasteiger partial charge in [-0.15, -0.1) is 0 Å². The number of nitrogens with one attached hydrogen (secondary N) is 1. The van der Waals surface area contributed by atoms with Gasteiger partial charge in [0.2, 0.25) is 0 Å². The Hall–Kier alpha value is -0.820. The molecular formula is C13H19N. The molecule has 1 N–H and O–H groups in total. The number of fused-ring (bicyclic) bond motifs is 1. The van der Waals surface area contributed by atoms with Crippen LogP contribution < -0.4 is 5.32 Å². The van der Waals surface area contributed by atoms with Crippen LogP contribution in [0.15, 0.2) is 24.3 Å². The molecule has 14 heavy (non-hydrogen) atoms. The maximum atomic E-state index is 3.61. The maximum absolute atomic E-state index is 3.61. The minimum atomic E-state index is 0.685. The fraction of sp³-hybridized carbons (Fsp3) is 0.538. The summed E-state index contributed by atoms with van der Waals surface area (Å²) >= 11 is 0. The van der Waals surface area contributed by atoms with Crippen molar-refractivity contribution in [1.82, 2.24) is 5.32 Å². The van der Waals surface area contributed by atoms with Crippen LogP contribution in [0.25, 0.3) is 0 Å². The Morgan fingerprint density at radius 3 is 2.71 bits per heavy atom. The summed E-state index contributed by atoms with van der Waals surface area (Å²) in [5.74, 6) is 0.790. The summed E-state index contributed by atoms with van der Waals surface area (Å²) in [6, 6.07) is 9.46. The minimum Gasteiger partial charge on any atom is -0.310 e. The highest BCUT2D eigenvalue weighted by atomic mass is 14.9. The van der Waals surface area contributed by atoms with E-state index in [0.29, 0.717) is 6.04 Å². The van der Waals surface area contributed by atoms with Crippen molar-refractivity contribution in [3.8, 4) is 0 Å². The van der Waals surface area contributed by atoms with E-state index >= 15 is 0 Å². The van der Waals surface area contributed by atoms with Gasteiger partial charge in [0.25, 0.3) is 0 Å². The van der Waals surface area contributed by atoms with E-state index in [-0.39, 0.29) is 0 Å². The average molecular weight is 189 g/mol. The number of benzene rings is 1. The lowest BCUT2D eigenvalue weighted by molar-refractivity contribution is 0.398. The van der Waals surface area contributed by atoms with Crippen molar-refractivity contribution >= 4 is 0 Å². The lowest BCUT2D eigenvalue weighted by Crippen LogP contribution is -2.36. The van der Waals surface area contributed by atoms with Crippen LogP contribution in [0.1, 0.15) is 31.4 Å². The normalized spacial score (nSPS) is 20.9. The molecule has 1 aromatic rings. The zero-order valence-corrected chi connectivity index (χ0v) is 9.09. The summed E-state index contributed by atoms with van der Waals surface area (Å²) < 4.78 is 0. The van der Waals surface area contributed by atoms with Crippen LogP contribution in [-0.2, 0) is 13.0 Å². The molecular weight excluding hydrogens is 170 g/mol. The van der Waals surface area contributed by atoms with Crippen LogP contribution in [0.2, 0.25) is 0 Å². The summed E-state index contributed by atoms with van der Waals surface area (Å²) in [7, 11) is 0. The van der Waals surface area contributed by atoms with Crippen molar-refractivity contribution in [2.45, 2.75) is 39.3 Å². The largest absolute Gasteiger partial charge is 0.310 e. The molecule has 1 aliphatic heterocycles. The lowest BCUT2D eigenvalue weighted by Gasteiger charge is -2.27. The molecule has 1 aliphatic rings. The first-order valence-electron chi connectivity index (χ1n) is 5.56. The second-order valence-corrected chi connectivity index (χ2v) is 4.68. The van der Waals surface area contributed by atoms with E-state index in [1.54, 1.807) is 0 Å². The molecule has 0 unspecified atom stereocenters. The molecule has 0 fully saturated rings. The highest BCUT2D eigenvalue weighted by Crippen LogP contribution is 2.19. The van der Waals surface area contributed by atoms with Gasteiger partial charge in [0.1, 0.15) is 0 Å². The van der Waals surface area contributed by atoms with Gasteiger partial charge in [-0.2, -0.15) is 0 Å². The second-order valence-electron chi connectivity index (χ2n) is 4.68. The molecule has 0 aliphatic carbocycles. The highest BCUT2D eigenvalue weighted by Gasteiger charge is 2.17. The Morgan fingerprint density at radius 1 is 1.29 bits per heavy atom. The third kappa shape index (κ3) is 2.16. The number of rotatable bonds is 2. The molecule has 0 saturated carbocycles. The van der Waals surface area contributed by atoms with Crippen molar-refractivity contribution in [3.05, 3.63) is 35.4 Å². The number of hydrogen-bond acceptors (Lipinski definition) is 1. The summed E-state index contributed by atoms with van der Waals surface area (Å²) in [4.78, 5) is 0. The van der Waals surface area contributed by atoms with E-state index < -0.39 is 0 Å². The van der Waals surface area contributed by atoms with Crippen LogP contribution in [0.3, 0.4) is 0 Å². The molecule has 1 heterocycles. The van der Waals surface area contributed by atoms with Crippen LogP contribution >= 0.6 is 0 Å². The SMILES string of the molecule is CC(C)C[C@H]1Cc2ccccc2CN1. The fourth-order valence-corrected chi connectivity index (χ4v) is 2.26. The average Bonchev–Trinajstić information content (AvgIpc) is 2.17. The molecule has 0 radical (unpaired) electrons. The Labute approximate surface area is 86.5 Å². The van der Waals surface area contributed by atoms with E-state index in [9.17, 15) is 0 Å². The van der Waals surface area contributed by atoms with Crippen LogP contribution in [-0.4, -0.2) is 6.04 Å². The predicted molar refractivity (Wildman–Crippen MR) is 60.2 cm³/mol. The zero-order valence-electron chi connectivity index (χ0n) is 9.09. The van der Waals surface area contributed by atoms with E-state index in [1.807, 2.05) is 0 Å². The van der Waals surface area contributed by atoms with Gasteiger partial charge in [-0.3, -0.25) is 0 Å². The standard InChI is InChI=1S/C13H19N/c1-10(2)7-13-8-11-5-3-4-6-12(11)9-14-13/h3-6,10,13-14H,7-9H2,1-2H3/t13-/m0/s1. The van der Waals surface area contributed by atoms with E-state index in [0.717, 1.165) is 12.5 Å². The lowest BCUT2D eigenvalue weighted by atomic mass is 9.91. The molecule has 0 spiro atoms. The monoisotopic (exact) mass is 189 g/mol. The molecule has 0 bridgehead atoms. The molecule has 1 aromatic carbocycles. The molecule has 1 atom stereocenters. The fourth-order valence-electron chi connectivity index (χ4n) is 2.26. The van der Waals surface area contributed by atoms with Gasteiger partial charge in [-0.25, -0.2) is 0 Å². The van der Waals surface area contributed by atoms with Crippen molar-refractivity contribution in [1.29, 1.82) is 0 Å². The quantitative estimate of drug-likeness (QED) is 0.754. The van der Waals surface area contributed by atoms with Gasteiger partial charge >= 0.3 is 0 Å².